The number of anilines is 1. The number of amides is 1. The van der Waals surface area contributed by atoms with Gasteiger partial charge in [-0.2, -0.15) is 0 Å². The molecule has 1 aromatic carbocycles. The number of hydrogen-bond donors (Lipinski definition) is 3. The molecule has 1 aliphatic rings. The molecule has 0 unspecified atom stereocenters. The molecule has 0 radical (unpaired) electrons. The van der Waals surface area contributed by atoms with E-state index >= 15 is 0 Å². The van der Waals surface area contributed by atoms with Gasteiger partial charge in [-0.15, -0.1) is 0 Å². The summed E-state index contributed by atoms with van der Waals surface area (Å²) in [7, 11) is 0. The van der Waals surface area contributed by atoms with Crippen molar-refractivity contribution in [2.75, 3.05) is 18.4 Å². The summed E-state index contributed by atoms with van der Waals surface area (Å²) < 4.78 is 5.95. The molecule has 3 N–H and O–H groups in total. The molecule has 6 nitrogen and oxygen atoms in total. The van der Waals surface area contributed by atoms with E-state index in [2.05, 4.69) is 15.6 Å². The second-order valence-corrected chi connectivity index (χ2v) is 4.69. The number of carboxylic acid groups (broad SMARTS) is 1. The van der Waals surface area contributed by atoms with Crippen molar-refractivity contribution in [1.82, 2.24) is 10.3 Å². The van der Waals surface area contributed by atoms with E-state index in [1.807, 2.05) is 24.3 Å². The SMILES string of the molecule is O=C(O)Nc1ccc2cccc(O[C@H]3CCNC3)c2n1. The Hall–Kier alpha value is -2.34. The van der Waals surface area contributed by atoms with Gasteiger partial charge in [0.1, 0.15) is 23.2 Å². The normalized spacial score (nSPS) is 18.1. The van der Waals surface area contributed by atoms with Crippen LogP contribution in [0.3, 0.4) is 0 Å². The van der Waals surface area contributed by atoms with E-state index in [-0.39, 0.29) is 6.10 Å². The van der Waals surface area contributed by atoms with Crippen LogP contribution in [0.2, 0.25) is 0 Å². The fourth-order valence-electron chi connectivity index (χ4n) is 2.30. The van der Waals surface area contributed by atoms with Crippen molar-refractivity contribution in [3.8, 4) is 5.75 Å². The molecule has 2 heterocycles. The van der Waals surface area contributed by atoms with Gasteiger partial charge in [0.15, 0.2) is 0 Å². The monoisotopic (exact) mass is 273 g/mol. The highest BCUT2D eigenvalue weighted by atomic mass is 16.5. The van der Waals surface area contributed by atoms with Crippen LogP contribution >= 0.6 is 0 Å². The maximum Gasteiger partial charge on any atom is 0.410 e. The number of nitrogens with zero attached hydrogens (tertiary/aromatic N) is 1. The Balaban J connectivity index is 1.95. The van der Waals surface area contributed by atoms with Gasteiger partial charge in [0.05, 0.1) is 0 Å². The summed E-state index contributed by atoms with van der Waals surface area (Å²) >= 11 is 0. The predicted octanol–water partition coefficient (Wildman–Crippen LogP) is 2.07. The average Bonchev–Trinajstić information content (AvgIpc) is 2.92. The Bertz CT molecular complexity index is 639. The van der Waals surface area contributed by atoms with Gasteiger partial charge in [-0.3, -0.25) is 5.32 Å². The van der Waals surface area contributed by atoms with Crippen molar-refractivity contribution in [3.05, 3.63) is 30.3 Å². The molecule has 1 aliphatic heterocycles. The van der Waals surface area contributed by atoms with Crippen LogP contribution < -0.4 is 15.4 Å². The Morgan fingerprint density at radius 2 is 2.30 bits per heavy atom. The van der Waals surface area contributed by atoms with Gasteiger partial charge in [0, 0.05) is 11.9 Å². The lowest BCUT2D eigenvalue weighted by Gasteiger charge is -2.14. The highest BCUT2D eigenvalue weighted by Gasteiger charge is 2.17. The number of benzene rings is 1. The number of aromatic nitrogens is 1. The Morgan fingerprint density at radius 1 is 1.40 bits per heavy atom. The lowest BCUT2D eigenvalue weighted by atomic mass is 10.2. The van der Waals surface area contributed by atoms with E-state index in [9.17, 15) is 4.79 Å². The number of pyridine rings is 1. The number of para-hydroxylation sites is 1. The van der Waals surface area contributed by atoms with Crippen LogP contribution in [0.4, 0.5) is 10.6 Å². The number of carbonyl (C=O) groups is 1. The second-order valence-electron chi connectivity index (χ2n) is 4.69. The predicted molar refractivity (Wildman–Crippen MR) is 75.3 cm³/mol. The van der Waals surface area contributed by atoms with Crippen LogP contribution in [-0.4, -0.2) is 35.4 Å². The van der Waals surface area contributed by atoms with E-state index in [0.717, 1.165) is 24.9 Å². The first-order chi connectivity index (χ1) is 9.72. The van der Waals surface area contributed by atoms with Gasteiger partial charge >= 0.3 is 6.09 Å². The molecule has 1 atom stereocenters. The molecule has 2 aromatic rings. The summed E-state index contributed by atoms with van der Waals surface area (Å²) in [6.07, 6.45) is -0.0302. The Labute approximate surface area is 115 Å². The molecule has 0 bridgehead atoms. The standard InChI is InChI=1S/C14H15N3O3/c18-14(19)17-12-5-4-9-2-1-3-11(13(9)16-12)20-10-6-7-15-8-10/h1-5,10,15H,6-8H2,(H,16,17)(H,18,19)/t10-/m0/s1. The molecule has 1 amide bonds. The van der Waals surface area contributed by atoms with E-state index in [4.69, 9.17) is 9.84 Å². The number of fused-ring (bicyclic) bond motifs is 1. The lowest BCUT2D eigenvalue weighted by Crippen LogP contribution is -2.19. The van der Waals surface area contributed by atoms with Crippen LogP contribution in [-0.2, 0) is 0 Å². The number of ether oxygens (including phenoxy) is 1. The first-order valence-corrected chi connectivity index (χ1v) is 6.49. The van der Waals surface area contributed by atoms with Crippen molar-refractivity contribution in [1.29, 1.82) is 0 Å². The smallest absolute Gasteiger partial charge is 0.410 e. The highest BCUT2D eigenvalue weighted by Crippen LogP contribution is 2.26. The lowest BCUT2D eigenvalue weighted by molar-refractivity contribution is 0.209. The van der Waals surface area contributed by atoms with Crippen LogP contribution in [0.1, 0.15) is 6.42 Å². The number of nitrogens with one attached hydrogen (secondary N) is 2. The van der Waals surface area contributed by atoms with Crippen LogP contribution in [0, 0.1) is 0 Å². The first-order valence-electron chi connectivity index (χ1n) is 6.49. The van der Waals surface area contributed by atoms with Gasteiger partial charge in [-0.25, -0.2) is 9.78 Å². The molecule has 1 aromatic heterocycles. The van der Waals surface area contributed by atoms with Gasteiger partial charge in [0.25, 0.3) is 0 Å². The minimum Gasteiger partial charge on any atom is -0.487 e. The third-order valence-corrected chi connectivity index (χ3v) is 3.23. The van der Waals surface area contributed by atoms with Crippen LogP contribution in [0.15, 0.2) is 30.3 Å². The van der Waals surface area contributed by atoms with Crippen LogP contribution in [0.5, 0.6) is 5.75 Å². The molecule has 0 saturated carbocycles. The summed E-state index contributed by atoms with van der Waals surface area (Å²) in [6.45, 7) is 1.78. The van der Waals surface area contributed by atoms with Crippen molar-refractivity contribution in [2.45, 2.75) is 12.5 Å². The fourth-order valence-corrected chi connectivity index (χ4v) is 2.30. The third-order valence-electron chi connectivity index (χ3n) is 3.23. The molecule has 1 fully saturated rings. The third kappa shape index (κ3) is 2.65. The van der Waals surface area contributed by atoms with Crippen LogP contribution in [0.25, 0.3) is 10.9 Å². The summed E-state index contributed by atoms with van der Waals surface area (Å²) in [5.74, 6) is 0.982. The van der Waals surface area contributed by atoms with Crippen molar-refractivity contribution in [2.24, 2.45) is 0 Å². The molecule has 1 saturated heterocycles. The number of rotatable bonds is 3. The van der Waals surface area contributed by atoms with E-state index in [1.165, 1.54) is 0 Å². The van der Waals surface area contributed by atoms with Gasteiger partial charge < -0.3 is 15.2 Å². The molecule has 0 aliphatic carbocycles. The van der Waals surface area contributed by atoms with E-state index < -0.39 is 6.09 Å². The largest absolute Gasteiger partial charge is 0.487 e. The molecule has 20 heavy (non-hydrogen) atoms. The summed E-state index contributed by atoms with van der Waals surface area (Å²) in [4.78, 5) is 15.0. The maximum atomic E-state index is 10.7. The minimum absolute atomic E-state index is 0.137. The van der Waals surface area contributed by atoms with Gasteiger partial charge in [-0.1, -0.05) is 12.1 Å². The molecule has 0 spiro atoms. The summed E-state index contributed by atoms with van der Waals surface area (Å²) in [5, 5.41) is 15.2. The van der Waals surface area contributed by atoms with Crippen molar-refractivity contribution < 1.29 is 14.6 Å². The zero-order valence-corrected chi connectivity index (χ0v) is 10.8. The maximum absolute atomic E-state index is 10.7. The fraction of sp³-hybridized carbons (Fsp3) is 0.286. The molecule has 6 heteroatoms. The van der Waals surface area contributed by atoms with Crippen molar-refractivity contribution >= 4 is 22.8 Å². The van der Waals surface area contributed by atoms with E-state index in [1.54, 1.807) is 6.07 Å². The average molecular weight is 273 g/mol. The zero-order valence-electron chi connectivity index (χ0n) is 10.8. The summed E-state index contributed by atoms with van der Waals surface area (Å²) in [5.41, 5.74) is 0.672. The topological polar surface area (TPSA) is 83.5 Å². The minimum atomic E-state index is -1.13. The van der Waals surface area contributed by atoms with Gasteiger partial charge in [-0.05, 0) is 31.2 Å². The zero-order chi connectivity index (χ0) is 13.9. The first kappa shape index (κ1) is 12.7. The second kappa shape index (κ2) is 5.34. The molecular weight excluding hydrogens is 258 g/mol. The highest BCUT2D eigenvalue weighted by molar-refractivity contribution is 5.88. The molecule has 3 rings (SSSR count). The summed E-state index contributed by atoms with van der Waals surface area (Å²) in [6, 6.07) is 9.15. The quantitative estimate of drug-likeness (QED) is 0.797. The molecule has 104 valence electrons. The Morgan fingerprint density at radius 3 is 3.05 bits per heavy atom. The molecular formula is C14H15N3O3. The Kier molecular flexibility index (Phi) is 3.39. The number of hydrogen-bond acceptors (Lipinski definition) is 4. The van der Waals surface area contributed by atoms with E-state index in [0.29, 0.717) is 17.1 Å². The van der Waals surface area contributed by atoms with Gasteiger partial charge in [0.2, 0.25) is 0 Å². The van der Waals surface area contributed by atoms with Crippen molar-refractivity contribution in [3.63, 3.8) is 0 Å².